The van der Waals surface area contributed by atoms with E-state index in [2.05, 4.69) is 30.2 Å². The van der Waals surface area contributed by atoms with Crippen LogP contribution in [-0.4, -0.2) is 27.1 Å². The van der Waals surface area contributed by atoms with Crippen LogP contribution in [0.2, 0.25) is 0 Å². The molecule has 2 aliphatic rings. The van der Waals surface area contributed by atoms with E-state index >= 15 is 0 Å². The van der Waals surface area contributed by atoms with Crippen molar-refractivity contribution >= 4 is 5.91 Å². The molecule has 4 heteroatoms. The lowest BCUT2D eigenvalue weighted by Crippen LogP contribution is -2.39. The Morgan fingerprint density at radius 2 is 2.00 bits per heavy atom. The van der Waals surface area contributed by atoms with Crippen LogP contribution >= 0.6 is 0 Å². The molecule has 1 aliphatic carbocycles. The number of rotatable bonds is 3. The van der Waals surface area contributed by atoms with Gasteiger partial charge in [-0.2, -0.15) is 5.10 Å². The summed E-state index contributed by atoms with van der Waals surface area (Å²) in [4.78, 5) is 15.4. The molecule has 2 heterocycles. The number of likely N-dealkylation sites (tertiary alicyclic amines) is 1. The van der Waals surface area contributed by atoms with E-state index in [1.54, 1.807) is 6.20 Å². The monoisotopic (exact) mass is 335 g/mol. The number of hydrogen-bond donors (Lipinski definition) is 0. The number of carbonyl (C=O) groups excluding carboxylic acids is 1. The SMILES string of the molecule is CCn1ncc(C(=O)N2CCCC3CCCC=C32)c1-c1ccccc1. The molecular formula is C21H25N3O. The Morgan fingerprint density at radius 1 is 1.20 bits per heavy atom. The zero-order valence-corrected chi connectivity index (χ0v) is 14.8. The zero-order chi connectivity index (χ0) is 17.2. The number of benzene rings is 1. The van der Waals surface area contributed by atoms with Crippen LogP contribution in [0, 0.1) is 5.92 Å². The third kappa shape index (κ3) is 2.90. The van der Waals surface area contributed by atoms with Crippen molar-refractivity contribution in [3.8, 4) is 11.3 Å². The smallest absolute Gasteiger partial charge is 0.261 e. The van der Waals surface area contributed by atoms with Gasteiger partial charge in [-0.25, -0.2) is 0 Å². The van der Waals surface area contributed by atoms with Crippen molar-refractivity contribution in [1.29, 1.82) is 0 Å². The van der Waals surface area contributed by atoms with E-state index in [-0.39, 0.29) is 5.91 Å². The van der Waals surface area contributed by atoms with E-state index in [4.69, 9.17) is 0 Å². The number of allylic oxidation sites excluding steroid dienone is 2. The number of carbonyl (C=O) groups is 1. The number of piperidine rings is 1. The van der Waals surface area contributed by atoms with Gasteiger partial charge < -0.3 is 4.90 Å². The summed E-state index contributed by atoms with van der Waals surface area (Å²) in [5.74, 6) is 0.671. The highest BCUT2D eigenvalue weighted by Crippen LogP contribution is 2.36. The molecule has 1 aliphatic heterocycles. The van der Waals surface area contributed by atoms with Gasteiger partial charge in [-0.05, 0) is 44.9 Å². The Hall–Kier alpha value is -2.36. The van der Waals surface area contributed by atoms with Crippen molar-refractivity contribution < 1.29 is 4.79 Å². The molecule has 1 aromatic heterocycles. The van der Waals surface area contributed by atoms with Gasteiger partial charge in [0.15, 0.2) is 0 Å². The summed E-state index contributed by atoms with van der Waals surface area (Å²) >= 11 is 0. The molecule has 1 fully saturated rings. The normalized spacial score (nSPS) is 20.1. The lowest BCUT2D eigenvalue weighted by atomic mass is 9.84. The molecule has 4 nitrogen and oxygen atoms in total. The minimum Gasteiger partial charge on any atom is -0.312 e. The summed E-state index contributed by atoms with van der Waals surface area (Å²) in [5.41, 5.74) is 3.97. The quantitative estimate of drug-likeness (QED) is 0.829. The van der Waals surface area contributed by atoms with Gasteiger partial charge in [0.1, 0.15) is 0 Å². The fourth-order valence-corrected chi connectivity index (χ4v) is 4.22. The maximum atomic E-state index is 13.4. The van der Waals surface area contributed by atoms with Crippen LogP contribution in [-0.2, 0) is 6.54 Å². The van der Waals surface area contributed by atoms with Crippen LogP contribution in [0.1, 0.15) is 49.4 Å². The van der Waals surface area contributed by atoms with Crippen molar-refractivity contribution in [3.63, 3.8) is 0 Å². The Balaban J connectivity index is 1.73. The summed E-state index contributed by atoms with van der Waals surface area (Å²) in [6.07, 6.45) is 9.91. The number of aromatic nitrogens is 2. The van der Waals surface area contributed by atoms with E-state index < -0.39 is 0 Å². The first-order valence-electron chi connectivity index (χ1n) is 9.42. The van der Waals surface area contributed by atoms with Crippen LogP contribution < -0.4 is 0 Å². The van der Waals surface area contributed by atoms with E-state index in [0.717, 1.165) is 42.8 Å². The first kappa shape index (κ1) is 16.1. The highest BCUT2D eigenvalue weighted by Gasteiger charge is 2.32. The molecule has 1 aromatic carbocycles. The molecule has 1 saturated heterocycles. The van der Waals surface area contributed by atoms with Gasteiger partial charge in [0.2, 0.25) is 0 Å². The Morgan fingerprint density at radius 3 is 2.80 bits per heavy atom. The second-order valence-electron chi connectivity index (χ2n) is 6.94. The highest BCUT2D eigenvalue weighted by molar-refractivity contribution is 6.01. The number of aryl methyl sites for hydroxylation is 1. The van der Waals surface area contributed by atoms with Crippen molar-refractivity contribution in [2.24, 2.45) is 5.92 Å². The first-order valence-corrected chi connectivity index (χ1v) is 9.42. The Labute approximate surface area is 149 Å². The average Bonchev–Trinajstić information content (AvgIpc) is 3.12. The van der Waals surface area contributed by atoms with Crippen molar-refractivity contribution in [2.75, 3.05) is 6.54 Å². The third-order valence-corrected chi connectivity index (χ3v) is 5.44. The second-order valence-corrected chi connectivity index (χ2v) is 6.94. The van der Waals surface area contributed by atoms with E-state index in [9.17, 15) is 4.79 Å². The van der Waals surface area contributed by atoms with Crippen LogP contribution in [0.5, 0.6) is 0 Å². The van der Waals surface area contributed by atoms with Crippen LogP contribution in [0.25, 0.3) is 11.3 Å². The molecule has 1 amide bonds. The van der Waals surface area contributed by atoms with Crippen molar-refractivity contribution in [2.45, 2.75) is 45.6 Å². The number of nitrogens with zero attached hydrogens (tertiary/aromatic N) is 3. The summed E-state index contributed by atoms with van der Waals surface area (Å²) in [5, 5.41) is 4.48. The predicted molar refractivity (Wildman–Crippen MR) is 99.0 cm³/mol. The van der Waals surface area contributed by atoms with Gasteiger partial charge in [0.25, 0.3) is 5.91 Å². The fraction of sp³-hybridized carbons (Fsp3) is 0.429. The van der Waals surface area contributed by atoms with Gasteiger partial charge in [-0.3, -0.25) is 9.48 Å². The molecule has 130 valence electrons. The molecule has 25 heavy (non-hydrogen) atoms. The predicted octanol–water partition coefficient (Wildman–Crippen LogP) is 4.49. The molecule has 0 radical (unpaired) electrons. The average molecular weight is 335 g/mol. The minimum absolute atomic E-state index is 0.108. The van der Waals surface area contributed by atoms with Gasteiger partial charge in [-0.15, -0.1) is 0 Å². The van der Waals surface area contributed by atoms with E-state index in [0.29, 0.717) is 5.92 Å². The van der Waals surface area contributed by atoms with Crippen LogP contribution in [0.3, 0.4) is 0 Å². The largest absolute Gasteiger partial charge is 0.312 e. The number of amides is 1. The second kappa shape index (κ2) is 6.87. The molecule has 0 bridgehead atoms. The van der Waals surface area contributed by atoms with E-state index in [1.165, 1.54) is 25.0 Å². The Kier molecular flexibility index (Phi) is 4.43. The number of fused-ring (bicyclic) bond motifs is 1. The molecule has 4 rings (SSSR count). The highest BCUT2D eigenvalue weighted by atomic mass is 16.2. The number of hydrogen-bond acceptors (Lipinski definition) is 2. The molecule has 1 unspecified atom stereocenters. The van der Waals surface area contributed by atoms with Gasteiger partial charge in [-0.1, -0.05) is 36.4 Å². The zero-order valence-electron chi connectivity index (χ0n) is 14.8. The Bertz CT molecular complexity index is 791. The maximum Gasteiger partial charge on any atom is 0.261 e. The van der Waals surface area contributed by atoms with Crippen LogP contribution in [0.4, 0.5) is 0 Å². The molecule has 0 spiro atoms. The van der Waals surface area contributed by atoms with Gasteiger partial charge in [0.05, 0.1) is 17.5 Å². The van der Waals surface area contributed by atoms with Crippen molar-refractivity contribution in [1.82, 2.24) is 14.7 Å². The minimum atomic E-state index is 0.108. The van der Waals surface area contributed by atoms with E-state index in [1.807, 2.05) is 27.8 Å². The molecule has 2 aromatic rings. The molecule has 0 N–H and O–H groups in total. The topological polar surface area (TPSA) is 38.1 Å². The summed E-state index contributed by atoms with van der Waals surface area (Å²) in [6.45, 7) is 3.64. The summed E-state index contributed by atoms with van der Waals surface area (Å²) in [7, 11) is 0. The first-order chi connectivity index (χ1) is 12.3. The molecule has 0 saturated carbocycles. The summed E-state index contributed by atoms with van der Waals surface area (Å²) < 4.78 is 1.93. The fourth-order valence-electron chi connectivity index (χ4n) is 4.22. The molecule has 1 atom stereocenters. The molecular weight excluding hydrogens is 310 g/mol. The maximum absolute atomic E-state index is 13.4. The van der Waals surface area contributed by atoms with Gasteiger partial charge >= 0.3 is 0 Å². The lowest BCUT2D eigenvalue weighted by molar-refractivity contribution is 0.0749. The van der Waals surface area contributed by atoms with Crippen LogP contribution in [0.15, 0.2) is 48.3 Å². The van der Waals surface area contributed by atoms with Gasteiger partial charge in [0, 0.05) is 24.4 Å². The lowest BCUT2D eigenvalue weighted by Gasteiger charge is -2.38. The summed E-state index contributed by atoms with van der Waals surface area (Å²) in [6, 6.07) is 10.1. The van der Waals surface area contributed by atoms with Crippen molar-refractivity contribution in [3.05, 3.63) is 53.9 Å². The standard InChI is InChI=1S/C21H25N3O/c1-2-24-20(17-10-4-3-5-11-17)18(15-22-24)21(25)23-14-8-12-16-9-6-7-13-19(16)23/h3-5,10-11,13,15-16H,2,6-9,12,14H2,1H3. The third-order valence-electron chi connectivity index (χ3n) is 5.44.